The summed E-state index contributed by atoms with van der Waals surface area (Å²) in [4.78, 5) is 2.31. The van der Waals surface area contributed by atoms with Gasteiger partial charge in [0, 0.05) is 25.3 Å². The molecule has 0 heterocycles. The summed E-state index contributed by atoms with van der Waals surface area (Å²) in [6.45, 7) is 5.23. The van der Waals surface area contributed by atoms with Crippen molar-refractivity contribution >= 4 is 5.69 Å². The second-order valence-electron chi connectivity index (χ2n) is 6.53. The number of anilines is 1. The minimum absolute atomic E-state index is 0.345. The number of rotatable bonds is 8. The summed E-state index contributed by atoms with van der Waals surface area (Å²) in [5, 5.41) is 12.8. The molecule has 1 aliphatic rings. The fourth-order valence-corrected chi connectivity index (χ4v) is 2.78. The zero-order chi connectivity index (χ0) is 15.3. The molecule has 0 aromatic heterocycles. The average Bonchev–Trinajstić information content (AvgIpc) is 3.27. The van der Waals surface area contributed by atoms with Crippen LogP contribution in [-0.4, -0.2) is 25.2 Å². The van der Waals surface area contributed by atoms with Crippen LogP contribution in [0.15, 0.2) is 24.3 Å². The molecule has 1 aromatic carbocycles. The highest BCUT2D eigenvalue weighted by Gasteiger charge is 2.31. The Morgan fingerprint density at radius 2 is 2.05 bits per heavy atom. The Morgan fingerprint density at radius 3 is 2.67 bits per heavy atom. The summed E-state index contributed by atoms with van der Waals surface area (Å²) in [5.74, 6) is 0. The predicted octanol–water partition coefficient (Wildman–Crippen LogP) is 3.64. The maximum atomic E-state index is 9.36. The molecule has 0 spiro atoms. The van der Waals surface area contributed by atoms with Gasteiger partial charge >= 0.3 is 0 Å². The van der Waals surface area contributed by atoms with Gasteiger partial charge in [-0.15, -0.1) is 0 Å². The van der Waals surface area contributed by atoms with Crippen molar-refractivity contribution in [3.63, 3.8) is 0 Å². The first-order valence-corrected chi connectivity index (χ1v) is 8.00. The van der Waals surface area contributed by atoms with Crippen molar-refractivity contribution in [1.82, 2.24) is 5.32 Å². The number of nitrogens with one attached hydrogen (secondary N) is 1. The highest BCUT2D eigenvalue weighted by atomic mass is 15.1. The molecule has 0 bridgehead atoms. The zero-order valence-corrected chi connectivity index (χ0v) is 13.5. The number of aryl methyl sites for hydroxylation is 1. The Kier molecular flexibility index (Phi) is 5.25. The molecule has 1 fully saturated rings. The van der Waals surface area contributed by atoms with E-state index in [-0.39, 0.29) is 5.54 Å². The SMILES string of the molecule is Cc1ccccc1N(C)CCCCC(C)(C#N)NC1CC1. The van der Waals surface area contributed by atoms with Gasteiger partial charge in [-0.25, -0.2) is 0 Å². The van der Waals surface area contributed by atoms with Gasteiger partial charge in [0.25, 0.3) is 0 Å². The van der Waals surface area contributed by atoms with E-state index in [1.807, 2.05) is 6.92 Å². The van der Waals surface area contributed by atoms with Crippen LogP contribution < -0.4 is 10.2 Å². The molecule has 0 radical (unpaired) electrons. The fourth-order valence-electron chi connectivity index (χ4n) is 2.78. The summed E-state index contributed by atoms with van der Waals surface area (Å²) in [5.41, 5.74) is 2.27. The van der Waals surface area contributed by atoms with Crippen LogP contribution in [0, 0.1) is 18.3 Å². The van der Waals surface area contributed by atoms with Gasteiger partial charge in [0.05, 0.1) is 6.07 Å². The van der Waals surface area contributed by atoms with E-state index < -0.39 is 0 Å². The van der Waals surface area contributed by atoms with Crippen LogP contribution in [0.25, 0.3) is 0 Å². The molecule has 2 rings (SSSR count). The van der Waals surface area contributed by atoms with Crippen molar-refractivity contribution in [2.45, 2.75) is 57.5 Å². The molecule has 114 valence electrons. The number of para-hydroxylation sites is 1. The molecule has 3 nitrogen and oxygen atoms in total. The van der Waals surface area contributed by atoms with E-state index in [0.29, 0.717) is 6.04 Å². The second kappa shape index (κ2) is 6.95. The van der Waals surface area contributed by atoms with Crippen LogP contribution in [0.5, 0.6) is 0 Å². The van der Waals surface area contributed by atoms with E-state index in [1.54, 1.807) is 0 Å². The molecule has 0 saturated heterocycles. The number of nitrogens with zero attached hydrogens (tertiary/aromatic N) is 2. The maximum Gasteiger partial charge on any atom is 0.104 e. The van der Waals surface area contributed by atoms with E-state index in [9.17, 15) is 5.26 Å². The van der Waals surface area contributed by atoms with Crippen LogP contribution in [-0.2, 0) is 0 Å². The third-order valence-corrected chi connectivity index (χ3v) is 4.29. The lowest BCUT2D eigenvalue weighted by Crippen LogP contribution is -2.42. The molecule has 1 unspecified atom stereocenters. The topological polar surface area (TPSA) is 39.1 Å². The number of nitriles is 1. The van der Waals surface area contributed by atoms with Gasteiger partial charge < -0.3 is 4.90 Å². The zero-order valence-electron chi connectivity index (χ0n) is 13.5. The minimum Gasteiger partial charge on any atom is -0.374 e. The van der Waals surface area contributed by atoms with Gasteiger partial charge in [-0.2, -0.15) is 5.26 Å². The molecule has 1 atom stereocenters. The van der Waals surface area contributed by atoms with E-state index >= 15 is 0 Å². The molecule has 1 aromatic rings. The van der Waals surface area contributed by atoms with Gasteiger partial charge in [-0.3, -0.25) is 5.32 Å². The number of benzene rings is 1. The van der Waals surface area contributed by atoms with Crippen molar-refractivity contribution in [2.24, 2.45) is 0 Å². The largest absolute Gasteiger partial charge is 0.374 e. The van der Waals surface area contributed by atoms with Crippen molar-refractivity contribution in [1.29, 1.82) is 5.26 Å². The van der Waals surface area contributed by atoms with Crippen molar-refractivity contribution < 1.29 is 0 Å². The first-order valence-electron chi connectivity index (χ1n) is 8.00. The molecule has 21 heavy (non-hydrogen) atoms. The van der Waals surface area contributed by atoms with Gasteiger partial charge in [-0.05, 0) is 57.6 Å². The van der Waals surface area contributed by atoms with E-state index in [2.05, 4.69) is 54.5 Å². The van der Waals surface area contributed by atoms with E-state index in [4.69, 9.17) is 0 Å². The van der Waals surface area contributed by atoms with Crippen molar-refractivity contribution in [3.05, 3.63) is 29.8 Å². The molecule has 0 aliphatic heterocycles. The Hall–Kier alpha value is -1.53. The molecule has 0 amide bonds. The Bertz CT molecular complexity index is 501. The number of hydrogen-bond acceptors (Lipinski definition) is 3. The van der Waals surface area contributed by atoms with Crippen LogP contribution in [0.4, 0.5) is 5.69 Å². The smallest absolute Gasteiger partial charge is 0.104 e. The lowest BCUT2D eigenvalue weighted by atomic mass is 9.96. The highest BCUT2D eigenvalue weighted by molar-refractivity contribution is 5.52. The van der Waals surface area contributed by atoms with Crippen molar-refractivity contribution in [2.75, 3.05) is 18.5 Å². The summed E-state index contributed by atoms with van der Waals surface area (Å²) in [6, 6.07) is 11.5. The van der Waals surface area contributed by atoms with Crippen LogP contribution in [0.3, 0.4) is 0 Å². The van der Waals surface area contributed by atoms with Crippen molar-refractivity contribution in [3.8, 4) is 6.07 Å². The van der Waals surface area contributed by atoms with Gasteiger partial charge in [0.15, 0.2) is 0 Å². The molecule has 1 saturated carbocycles. The van der Waals surface area contributed by atoms with Crippen LogP contribution >= 0.6 is 0 Å². The molecule has 1 N–H and O–H groups in total. The first-order chi connectivity index (χ1) is 10.0. The third-order valence-electron chi connectivity index (χ3n) is 4.29. The summed E-state index contributed by atoms with van der Waals surface area (Å²) in [7, 11) is 2.15. The van der Waals surface area contributed by atoms with Crippen LogP contribution in [0.2, 0.25) is 0 Å². The number of hydrogen-bond donors (Lipinski definition) is 1. The van der Waals surface area contributed by atoms with Crippen LogP contribution in [0.1, 0.15) is 44.6 Å². The monoisotopic (exact) mass is 285 g/mol. The molecule has 1 aliphatic carbocycles. The minimum atomic E-state index is -0.345. The van der Waals surface area contributed by atoms with Gasteiger partial charge in [-0.1, -0.05) is 18.2 Å². The second-order valence-corrected chi connectivity index (χ2v) is 6.53. The third kappa shape index (κ3) is 4.75. The highest BCUT2D eigenvalue weighted by Crippen LogP contribution is 2.25. The van der Waals surface area contributed by atoms with E-state index in [1.165, 1.54) is 24.1 Å². The van der Waals surface area contributed by atoms with Gasteiger partial charge in [0.2, 0.25) is 0 Å². The fraction of sp³-hybridized carbons (Fsp3) is 0.611. The predicted molar refractivity (Wildman–Crippen MR) is 88.5 cm³/mol. The van der Waals surface area contributed by atoms with Gasteiger partial charge in [0.1, 0.15) is 5.54 Å². The Balaban J connectivity index is 1.74. The summed E-state index contributed by atoms with van der Waals surface area (Å²) >= 11 is 0. The number of unbranched alkanes of at least 4 members (excludes halogenated alkanes) is 1. The summed E-state index contributed by atoms with van der Waals surface area (Å²) < 4.78 is 0. The lowest BCUT2D eigenvalue weighted by Gasteiger charge is -2.25. The average molecular weight is 285 g/mol. The van der Waals surface area contributed by atoms with E-state index in [0.717, 1.165) is 25.8 Å². The Morgan fingerprint density at radius 1 is 1.33 bits per heavy atom. The molecular weight excluding hydrogens is 258 g/mol. The quantitative estimate of drug-likeness (QED) is 0.741. The lowest BCUT2D eigenvalue weighted by molar-refractivity contribution is 0.399. The molecule has 3 heteroatoms. The summed E-state index contributed by atoms with van der Waals surface area (Å²) in [6.07, 6.45) is 5.59. The first kappa shape index (κ1) is 15.9. The maximum absolute atomic E-state index is 9.36. The Labute approximate surface area is 129 Å². The molecular formula is C18H27N3. The normalized spacial score (nSPS) is 17.0. The standard InChI is InChI=1S/C18H27N3/c1-15-8-4-5-9-17(15)21(3)13-7-6-12-18(2,14-19)20-16-10-11-16/h4-5,8-9,16,20H,6-7,10-13H2,1-3H3.